The van der Waals surface area contributed by atoms with Crippen molar-refractivity contribution in [2.75, 3.05) is 18.5 Å². The molecule has 4 nitrogen and oxygen atoms in total. The number of ether oxygens (including phenoxy) is 1. The van der Waals surface area contributed by atoms with Crippen LogP contribution in [0.5, 0.6) is 0 Å². The Labute approximate surface area is 124 Å². The van der Waals surface area contributed by atoms with Crippen LogP contribution in [0.4, 0.5) is 5.13 Å². The largest absolute Gasteiger partial charge is 0.465 e. The maximum absolute atomic E-state index is 12.0. The molecule has 0 amide bonds. The molecule has 1 heterocycles. The molecule has 0 aromatic carbocycles. The number of carbonyl (C=O) groups is 1. The second-order valence-corrected chi connectivity index (χ2v) is 7.51. The van der Waals surface area contributed by atoms with Crippen molar-refractivity contribution in [1.29, 1.82) is 0 Å². The lowest BCUT2D eigenvalue weighted by Gasteiger charge is -2.19. The molecule has 112 valence electrons. The van der Waals surface area contributed by atoms with Crippen LogP contribution in [0.3, 0.4) is 0 Å². The Morgan fingerprint density at radius 2 is 2.25 bits per heavy atom. The van der Waals surface area contributed by atoms with E-state index in [4.69, 9.17) is 4.74 Å². The standard InChI is InChI=1S/C15H24N2O2S/c1-6-19-12(18)15(4,5)11-9-20-13(17-11)16-8-10-7-14(10,2)3/h9-10H,6-8H2,1-5H3,(H,16,17). The van der Waals surface area contributed by atoms with Crippen LogP contribution in [-0.4, -0.2) is 24.1 Å². The molecule has 1 aromatic heterocycles. The molecule has 1 aliphatic carbocycles. The summed E-state index contributed by atoms with van der Waals surface area (Å²) < 4.78 is 5.11. The van der Waals surface area contributed by atoms with Crippen LogP contribution in [0.2, 0.25) is 0 Å². The number of anilines is 1. The average molecular weight is 296 g/mol. The summed E-state index contributed by atoms with van der Waals surface area (Å²) in [5.41, 5.74) is 0.557. The zero-order valence-electron chi connectivity index (χ0n) is 12.9. The van der Waals surface area contributed by atoms with Gasteiger partial charge in [-0.3, -0.25) is 4.79 Å². The number of aromatic nitrogens is 1. The Balaban J connectivity index is 1.96. The molecule has 0 aliphatic heterocycles. The Bertz CT molecular complexity index is 494. The summed E-state index contributed by atoms with van der Waals surface area (Å²) in [5.74, 6) is 0.507. The second-order valence-electron chi connectivity index (χ2n) is 6.65. The first-order valence-electron chi connectivity index (χ1n) is 7.14. The van der Waals surface area contributed by atoms with Gasteiger partial charge >= 0.3 is 5.97 Å². The van der Waals surface area contributed by atoms with Gasteiger partial charge in [0.2, 0.25) is 0 Å². The summed E-state index contributed by atoms with van der Waals surface area (Å²) in [7, 11) is 0. The number of thiazole rings is 1. The highest BCUT2D eigenvalue weighted by Crippen LogP contribution is 2.51. The van der Waals surface area contributed by atoms with E-state index in [1.165, 1.54) is 6.42 Å². The van der Waals surface area contributed by atoms with Crippen molar-refractivity contribution < 1.29 is 9.53 Å². The summed E-state index contributed by atoms with van der Waals surface area (Å²) in [6.07, 6.45) is 1.27. The zero-order chi connectivity index (χ0) is 15.0. The lowest BCUT2D eigenvalue weighted by molar-refractivity contribution is -0.148. The fourth-order valence-corrected chi connectivity index (χ4v) is 3.08. The lowest BCUT2D eigenvalue weighted by Crippen LogP contribution is -2.31. The topological polar surface area (TPSA) is 51.2 Å². The fraction of sp³-hybridized carbons (Fsp3) is 0.733. The molecule has 5 heteroatoms. The fourth-order valence-electron chi connectivity index (χ4n) is 2.19. The number of hydrogen-bond acceptors (Lipinski definition) is 5. The van der Waals surface area contributed by atoms with E-state index in [-0.39, 0.29) is 5.97 Å². The molecule has 1 saturated carbocycles. The average Bonchev–Trinajstić information content (AvgIpc) is 2.78. The second kappa shape index (κ2) is 5.35. The van der Waals surface area contributed by atoms with E-state index in [0.29, 0.717) is 12.0 Å². The van der Waals surface area contributed by atoms with Gasteiger partial charge in [0.15, 0.2) is 5.13 Å². The molecule has 0 saturated heterocycles. The lowest BCUT2D eigenvalue weighted by atomic mass is 9.90. The molecule has 1 atom stereocenters. The quantitative estimate of drug-likeness (QED) is 0.817. The molecule has 1 N–H and O–H groups in total. The molecule has 1 fully saturated rings. The summed E-state index contributed by atoms with van der Waals surface area (Å²) in [6.45, 7) is 11.5. The number of nitrogens with zero attached hydrogens (tertiary/aromatic N) is 1. The minimum absolute atomic E-state index is 0.222. The van der Waals surface area contributed by atoms with Crippen molar-refractivity contribution in [3.8, 4) is 0 Å². The van der Waals surface area contributed by atoms with Crippen molar-refractivity contribution in [3.05, 3.63) is 11.1 Å². The Morgan fingerprint density at radius 1 is 1.60 bits per heavy atom. The maximum atomic E-state index is 12.0. The van der Waals surface area contributed by atoms with E-state index < -0.39 is 5.41 Å². The molecule has 1 unspecified atom stereocenters. The van der Waals surface area contributed by atoms with E-state index in [0.717, 1.165) is 23.3 Å². The van der Waals surface area contributed by atoms with E-state index in [1.54, 1.807) is 11.3 Å². The van der Waals surface area contributed by atoms with E-state index in [9.17, 15) is 4.79 Å². The van der Waals surface area contributed by atoms with Gasteiger partial charge in [-0.15, -0.1) is 11.3 Å². The Morgan fingerprint density at radius 3 is 2.80 bits per heavy atom. The Kier molecular flexibility index (Phi) is 4.09. The molecular weight excluding hydrogens is 272 g/mol. The van der Waals surface area contributed by atoms with Gasteiger partial charge in [0.1, 0.15) is 5.41 Å². The highest BCUT2D eigenvalue weighted by Gasteiger charge is 2.45. The number of esters is 1. The number of hydrogen-bond donors (Lipinski definition) is 1. The van der Waals surface area contributed by atoms with Crippen LogP contribution in [0.15, 0.2) is 5.38 Å². The first-order valence-corrected chi connectivity index (χ1v) is 8.02. The van der Waals surface area contributed by atoms with Gasteiger partial charge in [0.25, 0.3) is 0 Å². The van der Waals surface area contributed by atoms with Crippen molar-refractivity contribution in [3.63, 3.8) is 0 Å². The SMILES string of the molecule is CCOC(=O)C(C)(C)c1csc(NCC2CC2(C)C)n1. The van der Waals surface area contributed by atoms with Crippen LogP contribution in [0.1, 0.15) is 46.7 Å². The molecule has 2 rings (SSSR count). The van der Waals surface area contributed by atoms with Gasteiger partial charge in [-0.05, 0) is 38.5 Å². The molecule has 0 spiro atoms. The van der Waals surface area contributed by atoms with Crippen molar-refractivity contribution >= 4 is 22.4 Å². The van der Waals surface area contributed by atoms with Gasteiger partial charge in [-0.25, -0.2) is 4.98 Å². The summed E-state index contributed by atoms with van der Waals surface area (Å²) in [6, 6.07) is 0. The van der Waals surface area contributed by atoms with Crippen LogP contribution >= 0.6 is 11.3 Å². The summed E-state index contributed by atoms with van der Waals surface area (Å²) in [5, 5.41) is 6.21. The Hall–Kier alpha value is -1.10. The number of nitrogens with one attached hydrogen (secondary N) is 1. The van der Waals surface area contributed by atoms with Crippen molar-refractivity contribution in [1.82, 2.24) is 4.98 Å². The molecule has 1 aromatic rings. The van der Waals surface area contributed by atoms with Crippen molar-refractivity contribution in [2.45, 2.75) is 46.5 Å². The van der Waals surface area contributed by atoms with Crippen LogP contribution < -0.4 is 5.32 Å². The summed E-state index contributed by atoms with van der Waals surface area (Å²) in [4.78, 5) is 16.5. The van der Waals surface area contributed by atoms with Crippen LogP contribution in [-0.2, 0) is 14.9 Å². The van der Waals surface area contributed by atoms with E-state index in [1.807, 2.05) is 26.2 Å². The van der Waals surface area contributed by atoms with Crippen LogP contribution in [0.25, 0.3) is 0 Å². The van der Waals surface area contributed by atoms with E-state index in [2.05, 4.69) is 24.1 Å². The van der Waals surface area contributed by atoms with Crippen LogP contribution in [0, 0.1) is 11.3 Å². The smallest absolute Gasteiger partial charge is 0.317 e. The minimum atomic E-state index is -0.689. The molecular formula is C15H24N2O2S. The third-order valence-corrected chi connectivity index (χ3v) is 4.95. The first kappa shape index (κ1) is 15.3. The van der Waals surface area contributed by atoms with Crippen molar-refractivity contribution in [2.24, 2.45) is 11.3 Å². The van der Waals surface area contributed by atoms with Gasteiger partial charge < -0.3 is 10.1 Å². The molecule has 0 bridgehead atoms. The number of rotatable bonds is 6. The number of carbonyl (C=O) groups excluding carboxylic acids is 1. The molecule has 20 heavy (non-hydrogen) atoms. The van der Waals surface area contributed by atoms with Gasteiger partial charge in [-0.1, -0.05) is 13.8 Å². The van der Waals surface area contributed by atoms with Gasteiger partial charge in [0.05, 0.1) is 12.3 Å². The third kappa shape index (κ3) is 3.14. The monoisotopic (exact) mass is 296 g/mol. The highest BCUT2D eigenvalue weighted by molar-refractivity contribution is 7.13. The van der Waals surface area contributed by atoms with E-state index >= 15 is 0 Å². The highest BCUT2D eigenvalue weighted by atomic mass is 32.1. The van der Waals surface area contributed by atoms with Gasteiger partial charge in [0, 0.05) is 11.9 Å². The third-order valence-electron chi connectivity index (χ3n) is 4.15. The molecule has 0 radical (unpaired) electrons. The minimum Gasteiger partial charge on any atom is -0.465 e. The zero-order valence-corrected chi connectivity index (χ0v) is 13.8. The first-order chi connectivity index (χ1) is 9.27. The predicted octanol–water partition coefficient (Wildman–Crippen LogP) is 3.44. The predicted molar refractivity (Wildman–Crippen MR) is 82.2 cm³/mol. The van der Waals surface area contributed by atoms with Gasteiger partial charge in [-0.2, -0.15) is 0 Å². The summed E-state index contributed by atoms with van der Waals surface area (Å²) >= 11 is 1.55. The normalized spacial score (nSPS) is 20.6. The molecule has 1 aliphatic rings. The maximum Gasteiger partial charge on any atom is 0.317 e.